The molecule has 70 valence electrons. The Morgan fingerprint density at radius 1 is 0.917 bits per heavy atom. The Morgan fingerprint density at radius 2 is 1.33 bits per heavy atom. The zero-order chi connectivity index (χ0) is 9.15. The fourth-order valence-corrected chi connectivity index (χ4v) is 4.67. The molecule has 2 atom stereocenters. The van der Waals surface area contributed by atoms with Crippen LogP contribution >= 0.6 is 0 Å². The lowest BCUT2D eigenvalue weighted by Gasteiger charge is -2.34. The molecule has 0 spiro atoms. The smallest absolute Gasteiger partial charge is 0.0266 e. The summed E-state index contributed by atoms with van der Waals surface area (Å²) < 4.78 is 0. The largest absolute Gasteiger partial charge is 0.0622 e. The van der Waals surface area contributed by atoms with Gasteiger partial charge < -0.3 is 0 Å². The summed E-state index contributed by atoms with van der Waals surface area (Å²) in [4.78, 5) is 0. The third kappa shape index (κ3) is 0.744. The van der Waals surface area contributed by atoms with Crippen molar-refractivity contribution in [3.63, 3.8) is 0 Å². The second-order valence-corrected chi connectivity index (χ2v) is 6.17. The highest BCUT2D eigenvalue weighted by molar-refractivity contribution is 5.10. The van der Waals surface area contributed by atoms with E-state index in [1.165, 1.54) is 12.8 Å². The molecule has 0 nitrogen and oxygen atoms in total. The van der Waals surface area contributed by atoms with Gasteiger partial charge in [0.25, 0.3) is 0 Å². The van der Waals surface area contributed by atoms with E-state index in [1.807, 2.05) is 0 Å². The molecular weight excluding hydrogens is 144 g/mol. The van der Waals surface area contributed by atoms with E-state index in [1.54, 1.807) is 0 Å². The fourth-order valence-electron chi connectivity index (χ4n) is 4.67. The average Bonchev–Trinajstić information content (AvgIpc) is 2.07. The van der Waals surface area contributed by atoms with Crippen LogP contribution in [-0.2, 0) is 0 Å². The molecule has 2 saturated carbocycles. The molecule has 0 N–H and O–H groups in total. The van der Waals surface area contributed by atoms with Crippen LogP contribution in [0.15, 0.2) is 0 Å². The third-order valence-corrected chi connectivity index (χ3v) is 5.16. The summed E-state index contributed by atoms with van der Waals surface area (Å²) in [6, 6.07) is 0. The zero-order valence-electron chi connectivity index (χ0n) is 9.15. The first-order chi connectivity index (χ1) is 5.38. The molecule has 2 unspecified atom stereocenters. The molecule has 2 aliphatic rings. The van der Waals surface area contributed by atoms with E-state index in [2.05, 4.69) is 34.6 Å². The molecule has 0 aromatic rings. The lowest BCUT2D eigenvalue weighted by Crippen LogP contribution is -2.26. The van der Waals surface area contributed by atoms with Crippen molar-refractivity contribution in [1.29, 1.82) is 0 Å². The van der Waals surface area contributed by atoms with Crippen molar-refractivity contribution in [2.45, 2.75) is 47.5 Å². The Labute approximate surface area is 76.7 Å². The van der Waals surface area contributed by atoms with Crippen LogP contribution < -0.4 is 0 Å². The van der Waals surface area contributed by atoms with E-state index in [4.69, 9.17) is 0 Å². The molecule has 2 aliphatic carbocycles. The Balaban J connectivity index is 2.40. The standard InChI is InChI=1S/C12H22/c1-8-6-12(5)7-9(2)10(8)11(12,3)4/h8-10H,6-7H2,1-5H3. The van der Waals surface area contributed by atoms with Crippen molar-refractivity contribution < 1.29 is 0 Å². The summed E-state index contributed by atoms with van der Waals surface area (Å²) in [6.45, 7) is 12.4. The van der Waals surface area contributed by atoms with Crippen LogP contribution in [0.2, 0.25) is 0 Å². The molecule has 0 aromatic heterocycles. The van der Waals surface area contributed by atoms with Crippen molar-refractivity contribution in [3.8, 4) is 0 Å². The van der Waals surface area contributed by atoms with Crippen LogP contribution in [0.1, 0.15) is 47.5 Å². The van der Waals surface area contributed by atoms with Gasteiger partial charge >= 0.3 is 0 Å². The summed E-state index contributed by atoms with van der Waals surface area (Å²) >= 11 is 0. The Bertz CT molecular complexity index is 187. The Hall–Kier alpha value is 0. The van der Waals surface area contributed by atoms with Crippen LogP contribution in [0.25, 0.3) is 0 Å². The third-order valence-electron chi connectivity index (χ3n) is 5.16. The summed E-state index contributed by atoms with van der Waals surface area (Å²) in [5.74, 6) is 2.92. The monoisotopic (exact) mass is 166 g/mol. The van der Waals surface area contributed by atoms with Gasteiger partial charge in [-0.2, -0.15) is 0 Å². The number of rotatable bonds is 0. The quantitative estimate of drug-likeness (QED) is 0.514. The maximum Gasteiger partial charge on any atom is -0.0266 e. The van der Waals surface area contributed by atoms with E-state index in [0.29, 0.717) is 10.8 Å². The van der Waals surface area contributed by atoms with Crippen LogP contribution in [0.3, 0.4) is 0 Å². The number of fused-ring (bicyclic) bond motifs is 2. The molecule has 0 heteroatoms. The van der Waals surface area contributed by atoms with Gasteiger partial charge in [0.05, 0.1) is 0 Å². The van der Waals surface area contributed by atoms with Gasteiger partial charge in [-0.25, -0.2) is 0 Å². The fraction of sp³-hybridized carbons (Fsp3) is 1.00. The maximum absolute atomic E-state index is 2.51. The second-order valence-electron chi connectivity index (χ2n) is 6.17. The molecule has 0 radical (unpaired) electrons. The molecule has 12 heavy (non-hydrogen) atoms. The highest BCUT2D eigenvalue weighted by atomic mass is 14.7. The molecule has 0 amide bonds. The van der Waals surface area contributed by atoms with Crippen LogP contribution in [-0.4, -0.2) is 0 Å². The lowest BCUT2D eigenvalue weighted by molar-refractivity contribution is 0.151. The summed E-state index contributed by atoms with van der Waals surface area (Å²) in [5, 5.41) is 0. The normalized spacial score (nSPS) is 56.2. The van der Waals surface area contributed by atoms with E-state index < -0.39 is 0 Å². The van der Waals surface area contributed by atoms with Crippen molar-refractivity contribution in [2.75, 3.05) is 0 Å². The van der Waals surface area contributed by atoms with E-state index in [9.17, 15) is 0 Å². The Morgan fingerprint density at radius 3 is 1.50 bits per heavy atom. The zero-order valence-corrected chi connectivity index (χ0v) is 9.15. The summed E-state index contributed by atoms with van der Waals surface area (Å²) in [5.41, 5.74) is 1.25. The van der Waals surface area contributed by atoms with Crippen molar-refractivity contribution in [1.82, 2.24) is 0 Å². The van der Waals surface area contributed by atoms with E-state index in [0.717, 1.165) is 17.8 Å². The van der Waals surface area contributed by atoms with Gasteiger partial charge in [0.2, 0.25) is 0 Å². The summed E-state index contributed by atoms with van der Waals surface area (Å²) in [7, 11) is 0. The van der Waals surface area contributed by atoms with Gasteiger partial charge in [0, 0.05) is 0 Å². The number of hydrogen-bond donors (Lipinski definition) is 0. The maximum atomic E-state index is 2.51. The first-order valence-electron chi connectivity index (χ1n) is 5.38. The molecule has 0 aliphatic heterocycles. The molecule has 2 fully saturated rings. The lowest BCUT2D eigenvalue weighted by atomic mass is 9.71. The minimum atomic E-state index is 0.603. The molecule has 0 aromatic carbocycles. The number of hydrogen-bond acceptors (Lipinski definition) is 0. The van der Waals surface area contributed by atoms with Crippen molar-refractivity contribution in [2.24, 2.45) is 28.6 Å². The van der Waals surface area contributed by atoms with Gasteiger partial charge in [-0.15, -0.1) is 0 Å². The van der Waals surface area contributed by atoms with Gasteiger partial charge in [-0.1, -0.05) is 34.6 Å². The predicted molar refractivity (Wildman–Crippen MR) is 52.9 cm³/mol. The first-order valence-corrected chi connectivity index (χ1v) is 5.38. The minimum Gasteiger partial charge on any atom is -0.0622 e. The molecule has 2 bridgehead atoms. The van der Waals surface area contributed by atoms with Crippen LogP contribution in [0, 0.1) is 28.6 Å². The van der Waals surface area contributed by atoms with Gasteiger partial charge in [0.1, 0.15) is 0 Å². The molecular formula is C12H22. The highest BCUT2D eigenvalue weighted by Gasteiger charge is 2.61. The molecule has 2 rings (SSSR count). The summed E-state index contributed by atoms with van der Waals surface area (Å²) in [6.07, 6.45) is 2.93. The second kappa shape index (κ2) is 2.08. The van der Waals surface area contributed by atoms with Crippen LogP contribution in [0.5, 0.6) is 0 Å². The average molecular weight is 166 g/mol. The first kappa shape index (κ1) is 8.59. The van der Waals surface area contributed by atoms with Crippen molar-refractivity contribution in [3.05, 3.63) is 0 Å². The highest BCUT2D eigenvalue weighted by Crippen LogP contribution is 2.69. The minimum absolute atomic E-state index is 0.603. The molecule has 0 heterocycles. The molecule has 0 saturated heterocycles. The predicted octanol–water partition coefficient (Wildman–Crippen LogP) is 3.71. The van der Waals surface area contributed by atoms with Gasteiger partial charge in [0.15, 0.2) is 0 Å². The van der Waals surface area contributed by atoms with E-state index >= 15 is 0 Å². The van der Waals surface area contributed by atoms with E-state index in [-0.39, 0.29) is 0 Å². The SMILES string of the molecule is CC1CC2(C)CC(C)C1C2(C)C. The topological polar surface area (TPSA) is 0 Å². The Kier molecular flexibility index (Phi) is 1.49. The van der Waals surface area contributed by atoms with Gasteiger partial charge in [-0.3, -0.25) is 0 Å². The van der Waals surface area contributed by atoms with Crippen molar-refractivity contribution >= 4 is 0 Å². The van der Waals surface area contributed by atoms with Crippen LogP contribution in [0.4, 0.5) is 0 Å². The van der Waals surface area contributed by atoms with Gasteiger partial charge in [-0.05, 0) is 41.4 Å².